The molecular formula is C24H29FN4O4S. The highest BCUT2D eigenvalue weighted by Gasteiger charge is 2.23. The smallest absolute Gasteiger partial charge is 0.321 e. The standard InChI is InChI=1S/C24H29FN4O4S/c1-3-29(4-2)34(32,33)22-12-5-19(6-13-22)7-14-23(30)27-15-17-28(18-16-27)24(31)26-21-10-8-20(25)9-11-21/h5-14H,3-4,15-18H2,1-2H3,(H,26,31)/b14-7+. The number of hydrogen-bond acceptors (Lipinski definition) is 4. The number of carbonyl (C=O) groups is 2. The summed E-state index contributed by atoms with van der Waals surface area (Å²) >= 11 is 0. The summed E-state index contributed by atoms with van der Waals surface area (Å²) in [6.45, 7) is 5.92. The van der Waals surface area contributed by atoms with E-state index < -0.39 is 10.0 Å². The van der Waals surface area contributed by atoms with Gasteiger partial charge in [-0.1, -0.05) is 26.0 Å². The van der Waals surface area contributed by atoms with Crippen molar-refractivity contribution in [3.05, 3.63) is 66.0 Å². The minimum Gasteiger partial charge on any atom is -0.336 e. The first kappa shape index (κ1) is 25.4. The zero-order valence-corrected chi connectivity index (χ0v) is 20.1. The van der Waals surface area contributed by atoms with E-state index in [1.807, 2.05) is 0 Å². The maximum absolute atomic E-state index is 13.0. The Bertz CT molecular complexity index is 1120. The molecule has 2 aromatic carbocycles. The van der Waals surface area contributed by atoms with Crippen molar-refractivity contribution in [2.75, 3.05) is 44.6 Å². The number of carbonyl (C=O) groups excluding carboxylic acids is 2. The van der Waals surface area contributed by atoms with E-state index in [1.54, 1.807) is 41.9 Å². The van der Waals surface area contributed by atoms with Crippen LogP contribution in [0.25, 0.3) is 6.08 Å². The van der Waals surface area contributed by atoms with E-state index in [9.17, 15) is 22.4 Å². The van der Waals surface area contributed by atoms with Gasteiger partial charge < -0.3 is 15.1 Å². The van der Waals surface area contributed by atoms with Crippen molar-refractivity contribution in [3.8, 4) is 0 Å². The Hall–Kier alpha value is -3.24. The third kappa shape index (κ3) is 6.21. The molecule has 0 saturated carbocycles. The van der Waals surface area contributed by atoms with Crippen molar-refractivity contribution in [1.82, 2.24) is 14.1 Å². The molecular weight excluding hydrogens is 459 g/mol. The normalized spacial score (nSPS) is 14.6. The van der Waals surface area contributed by atoms with Crippen LogP contribution in [0.15, 0.2) is 59.5 Å². The van der Waals surface area contributed by atoms with Gasteiger partial charge in [0.1, 0.15) is 5.82 Å². The van der Waals surface area contributed by atoms with Crippen LogP contribution < -0.4 is 5.32 Å². The van der Waals surface area contributed by atoms with Crippen LogP contribution in [-0.4, -0.2) is 73.7 Å². The molecule has 1 N–H and O–H groups in total. The van der Waals surface area contributed by atoms with Gasteiger partial charge in [-0.2, -0.15) is 4.31 Å². The Morgan fingerprint density at radius 1 is 0.941 bits per heavy atom. The van der Waals surface area contributed by atoms with E-state index in [0.29, 0.717) is 50.5 Å². The summed E-state index contributed by atoms with van der Waals surface area (Å²) in [5, 5.41) is 2.72. The molecule has 1 fully saturated rings. The number of amides is 3. The average Bonchev–Trinajstić information content (AvgIpc) is 2.85. The van der Waals surface area contributed by atoms with Crippen molar-refractivity contribution >= 4 is 33.7 Å². The summed E-state index contributed by atoms with van der Waals surface area (Å²) in [6.07, 6.45) is 3.09. The molecule has 0 aromatic heterocycles. The van der Waals surface area contributed by atoms with E-state index in [0.717, 1.165) is 0 Å². The zero-order chi connectivity index (χ0) is 24.7. The molecule has 10 heteroatoms. The number of urea groups is 1. The number of nitrogens with zero attached hydrogens (tertiary/aromatic N) is 3. The monoisotopic (exact) mass is 488 g/mol. The Morgan fingerprint density at radius 2 is 1.50 bits per heavy atom. The highest BCUT2D eigenvalue weighted by Crippen LogP contribution is 2.17. The first-order chi connectivity index (χ1) is 16.2. The van der Waals surface area contributed by atoms with Crippen LogP contribution in [0.1, 0.15) is 19.4 Å². The van der Waals surface area contributed by atoms with Gasteiger partial charge in [-0.3, -0.25) is 4.79 Å². The van der Waals surface area contributed by atoms with Gasteiger partial charge in [0.2, 0.25) is 15.9 Å². The largest absolute Gasteiger partial charge is 0.336 e. The van der Waals surface area contributed by atoms with Crippen LogP contribution in [0.5, 0.6) is 0 Å². The lowest BCUT2D eigenvalue weighted by molar-refractivity contribution is -0.127. The molecule has 0 aliphatic carbocycles. The quantitative estimate of drug-likeness (QED) is 0.606. The van der Waals surface area contributed by atoms with Gasteiger partial charge in [0.05, 0.1) is 4.90 Å². The lowest BCUT2D eigenvalue weighted by atomic mass is 10.2. The van der Waals surface area contributed by atoms with Crippen molar-refractivity contribution < 1.29 is 22.4 Å². The number of halogens is 1. The summed E-state index contributed by atoms with van der Waals surface area (Å²) < 4.78 is 39.5. The molecule has 0 spiro atoms. The van der Waals surface area contributed by atoms with Crippen LogP contribution in [0, 0.1) is 5.82 Å². The first-order valence-electron chi connectivity index (χ1n) is 11.1. The molecule has 0 unspecified atom stereocenters. The second-order valence-electron chi connectivity index (χ2n) is 7.74. The summed E-state index contributed by atoms with van der Waals surface area (Å²) in [4.78, 5) is 28.4. The minimum atomic E-state index is -3.52. The number of nitrogens with one attached hydrogen (secondary N) is 1. The fraction of sp³-hybridized carbons (Fsp3) is 0.333. The van der Waals surface area contributed by atoms with Gasteiger partial charge >= 0.3 is 6.03 Å². The highest BCUT2D eigenvalue weighted by atomic mass is 32.2. The number of anilines is 1. The SMILES string of the molecule is CCN(CC)S(=O)(=O)c1ccc(/C=C/C(=O)N2CCN(C(=O)Nc3ccc(F)cc3)CC2)cc1. The van der Waals surface area contributed by atoms with Gasteiger partial charge in [-0.25, -0.2) is 17.6 Å². The number of benzene rings is 2. The van der Waals surface area contributed by atoms with Crippen LogP contribution >= 0.6 is 0 Å². The number of sulfonamides is 1. The first-order valence-corrected chi connectivity index (χ1v) is 12.6. The zero-order valence-electron chi connectivity index (χ0n) is 19.3. The third-order valence-electron chi connectivity index (χ3n) is 5.62. The van der Waals surface area contributed by atoms with Gasteiger partial charge in [-0.05, 0) is 48.0 Å². The fourth-order valence-corrected chi connectivity index (χ4v) is 5.06. The molecule has 34 heavy (non-hydrogen) atoms. The van der Waals surface area contributed by atoms with E-state index >= 15 is 0 Å². The summed E-state index contributed by atoms with van der Waals surface area (Å²) in [6, 6.07) is 11.6. The average molecular weight is 489 g/mol. The lowest BCUT2D eigenvalue weighted by Gasteiger charge is -2.34. The Morgan fingerprint density at radius 3 is 2.06 bits per heavy atom. The molecule has 0 bridgehead atoms. The van der Waals surface area contributed by atoms with Crippen LogP contribution in [-0.2, 0) is 14.8 Å². The molecule has 0 radical (unpaired) electrons. The maximum atomic E-state index is 13.0. The molecule has 1 aliphatic rings. The van der Waals surface area contributed by atoms with Gasteiger partial charge in [-0.15, -0.1) is 0 Å². The van der Waals surface area contributed by atoms with E-state index in [2.05, 4.69) is 5.32 Å². The minimum absolute atomic E-state index is 0.182. The molecule has 3 rings (SSSR count). The van der Waals surface area contributed by atoms with Crippen molar-refractivity contribution in [2.45, 2.75) is 18.7 Å². The summed E-state index contributed by atoms with van der Waals surface area (Å²) in [5.74, 6) is -0.558. The highest BCUT2D eigenvalue weighted by molar-refractivity contribution is 7.89. The van der Waals surface area contributed by atoms with Crippen molar-refractivity contribution in [3.63, 3.8) is 0 Å². The molecule has 3 amide bonds. The Kier molecular flexibility index (Phi) is 8.41. The Balaban J connectivity index is 1.52. The second-order valence-corrected chi connectivity index (χ2v) is 9.68. The molecule has 0 atom stereocenters. The predicted octanol–water partition coefficient (Wildman–Crippen LogP) is 3.25. The molecule has 182 valence electrons. The Labute approximate surface area is 199 Å². The second kappa shape index (κ2) is 11.3. The predicted molar refractivity (Wildman–Crippen MR) is 129 cm³/mol. The van der Waals surface area contributed by atoms with E-state index in [1.165, 1.54) is 46.8 Å². The van der Waals surface area contributed by atoms with Gasteiger partial charge in [0, 0.05) is 51.0 Å². The topological polar surface area (TPSA) is 90.0 Å². The maximum Gasteiger partial charge on any atom is 0.321 e. The van der Waals surface area contributed by atoms with Gasteiger partial charge in [0.25, 0.3) is 0 Å². The molecule has 8 nitrogen and oxygen atoms in total. The molecule has 2 aromatic rings. The summed E-state index contributed by atoms with van der Waals surface area (Å²) in [7, 11) is -3.52. The molecule has 1 heterocycles. The lowest BCUT2D eigenvalue weighted by Crippen LogP contribution is -2.51. The van der Waals surface area contributed by atoms with E-state index in [-0.39, 0.29) is 22.7 Å². The number of piperazine rings is 1. The fourth-order valence-electron chi connectivity index (χ4n) is 3.60. The van der Waals surface area contributed by atoms with Crippen LogP contribution in [0.4, 0.5) is 14.9 Å². The van der Waals surface area contributed by atoms with Crippen LogP contribution in [0.3, 0.4) is 0 Å². The number of hydrogen-bond donors (Lipinski definition) is 1. The van der Waals surface area contributed by atoms with Crippen molar-refractivity contribution in [2.24, 2.45) is 0 Å². The van der Waals surface area contributed by atoms with Gasteiger partial charge in [0.15, 0.2) is 0 Å². The summed E-state index contributed by atoms with van der Waals surface area (Å²) in [5.41, 5.74) is 1.22. The van der Waals surface area contributed by atoms with E-state index in [4.69, 9.17) is 0 Å². The van der Waals surface area contributed by atoms with Crippen molar-refractivity contribution in [1.29, 1.82) is 0 Å². The van der Waals surface area contributed by atoms with Crippen LogP contribution in [0.2, 0.25) is 0 Å². The third-order valence-corrected chi connectivity index (χ3v) is 7.68. The molecule has 1 saturated heterocycles. The number of rotatable bonds is 7. The molecule has 1 aliphatic heterocycles.